The van der Waals surface area contributed by atoms with Crippen molar-refractivity contribution in [2.75, 3.05) is 7.11 Å². The Morgan fingerprint density at radius 1 is 1.14 bits per heavy atom. The Balaban J connectivity index is 1.13. The van der Waals surface area contributed by atoms with E-state index in [1.165, 1.54) is 0 Å². The number of carbonyl (C=O) groups is 2. The summed E-state index contributed by atoms with van der Waals surface area (Å²) in [6, 6.07) is 14.4. The van der Waals surface area contributed by atoms with Crippen LogP contribution in [-0.2, 0) is 11.3 Å². The number of nitrogens with one attached hydrogen (secondary N) is 1. The molecule has 2 fully saturated rings. The Labute approximate surface area is 214 Å². The normalized spacial score (nSPS) is 22.7. The minimum absolute atomic E-state index is 0.00272. The van der Waals surface area contributed by atoms with Crippen LogP contribution in [0.5, 0.6) is 5.75 Å². The van der Waals surface area contributed by atoms with E-state index >= 15 is 0 Å². The van der Waals surface area contributed by atoms with Crippen molar-refractivity contribution in [1.82, 2.24) is 14.9 Å². The fourth-order valence-corrected chi connectivity index (χ4v) is 6.88. The first kappa shape index (κ1) is 23.0. The van der Waals surface area contributed by atoms with E-state index in [1.807, 2.05) is 17.5 Å². The third-order valence-electron chi connectivity index (χ3n) is 7.93. The van der Waals surface area contributed by atoms with Gasteiger partial charge in [-0.3, -0.25) is 14.6 Å². The Kier molecular flexibility index (Phi) is 5.67. The van der Waals surface area contributed by atoms with Crippen LogP contribution in [0.3, 0.4) is 0 Å². The van der Waals surface area contributed by atoms with Gasteiger partial charge in [-0.1, -0.05) is 24.3 Å². The average molecular weight is 500 g/mol. The molecule has 0 bridgehead atoms. The van der Waals surface area contributed by atoms with Gasteiger partial charge in [-0.15, -0.1) is 11.3 Å². The molecule has 2 aliphatic carbocycles. The monoisotopic (exact) mass is 499 g/mol. The number of Topliss-reactive ketones (excluding diaryl/α,β-unsaturated/α-hetero) is 1. The number of ketones is 1. The van der Waals surface area contributed by atoms with Gasteiger partial charge >= 0.3 is 0 Å². The van der Waals surface area contributed by atoms with Crippen molar-refractivity contribution in [2.24, 2.45) is 11.3 Å². The molecular formula is C29H29N3O3S. The lowest BCUT2D eigenvalue weighted by Gasteiger charge is -2.57. The van der Waals surface area contributed by atoms with Crippen LogP contribution in [0.1, 0.15) is 48.5 Å². The summed E-state index contributed by atoms with van der Waals surface area (Å²) in [5.74, 6) is 1.33. The number of fused-ring (bicyclic) bond motifs is 1. The summed E-state index contributed by atoms with van der Waals surface area (Å²) >= 11 is 1.61. The molecule has 1 aromatic carbocycles. The van der Waals surface area contributed by atoms with E-state index in [9.17, 15) is 9.59 Å². The van der Waals surface area contributed by atoms with E-state index in [2.05, 4.69) is 51.4 Å². The van der Waals surface area contributed by atoms with Crippen molar-refractivity contribution < 1.29 is 14.3 Å². The highest BCUT2D eigenvalue weighted by atomic mass is 32.1. The fraction of sp³-hybridized carbons (Fsp3) is 0.345. The van der Waals surface area contributed by atoms with Crippen LogP contribution in [0.15, 0.2) is 60.2 Å². The number of ether oxygens (including phenoxy) is 1. The van der Waals surface area contributed by atoms with Gasteiger partial charge in [0, 0.05) is 47.9 Å². The lowest BCUT2D eigenvalue weighted by Crippen LogP contribution is -2.57. The lowest BCUT2D eigenvalue weighted by atomic mass is 9.49. The second-order valence-corrected chi connectivity index (χ2v) is 11.3. The van der Waals surface area contributed by atoms with Crippen molar-refractivity contribution in [2.45, 2.75) is 45.2 Å². The highest BCUT2D eigenvalue weighted by molar-refractivity contribution is 7.17. The van der Waals surface area contributed by atoms with Gasteiger partial charge in [-0.05, 0) is 55.7 Å². The zero-order valence-corrected chi connectivity index (χ0v) is 21.3. The molecule has 4 aromatic rings. The maximum atomic E-state index is 13.2. The number of carbonyl (C=O) groups excluding carboxylic acids is 2. The standard InChI is InChI=1S/C29H29N3O3S/c1-18(33)21-12-29(13-21)14-22(15-29)31-28(34)24-17-36-26-8-10-32(27(24)26)16-19-3-5-20(6-4-19)25-11-23(35-2)7-9-30-25/h3-11,17,21-22H,12-16H2,1-2H3,(H,31,34). The molecular weight excluding hydrogens is 470 g/mol. The van der Waals surface area contributed by atoms with E-state index in [4.69, 9.17) is 4.74 Å². The number of amides is 1. The van der Waals surface area contributed by atoms with E-state index in [0.717, 1.165) is 64.0 Å². The van der Waals surface area contributed by atoms with Crippen LogP contribution >= 0.6 is 11.3 Å². The number of hydrogen-bond donors (Lipinski definition) is 1. The summed E-state index contributed by atoms with van der Waals surface area (Å²) in [4.78, 5) is 29.2. The number of nitrogens with zero attached hydrogens (tertiary/aromatic N) is 2. The van der Waals surface area contributed by atoms with Gasteiger partial charge in [0.05, 0.1) is 28.6 Å². The predicted octanol–water partition coefficient (Wildman–Crippen LogP) is 5.70. The summed E-state index contributed by atoms with van der Waals surface area (Å²) in [6.45, 7) is 2.38. The van der Waals surface area contributed by atoms with E-state index in [0.29, 0.717) is 17.7 Å². The maximum Gasteiger partial charge on any atom is 0.254 e. The van der Waals surface area contributed by atoms with Crippen molar-refractivity contribution in [1.29, 1.82) is 0 Å². The minimum atomic E-state index is 0.00272. The molecule has 6 rings (SSSR count). The Bertz CT molecular complexity index is 1440. The Morgan fingerprint density at radius 3 is 2.64 bits per heavy atom. The maximum absolute atomic E-state index is 13.2. The average Bonchev–Trinajstić information content (AvgIpc) is 3.43. The molecule has 184 valence electrons. The summed E-state index contributed by atoms with van der Waals surface area (Å²) in [5, 5.41) is 5.22. The molecule has 6 nitrogen and oxygen atoms in total. The molecule has 0 saturated heterocycles. The number of aromatic nitrogens is 2. The molecule has 0 unspecified atom stereocenters. The SMILES string of the molecule is COc1ccnc(-c2ccc(Cn3ccc4scc(C(=O)NC5CC6(C5)CC(C(C)=O)C6)c43)cc2)c1. The van der Waals surface area contributed by atoms with Crippen molar-refractivity contribution >= 4 is 33.2 Å². The third-order valence-corrected chi connectivity index (χ3v) is 8.86. The second kappa shape index (κ2) is 8.89. The van der Waals surface area contributed by atoms with Crippen LogP contribution in [0.25, 0.3) is 21.5 Å². The molecule has 7 heteroatoms. The first-order chi connectivity index (χ1) is 17.4. The highest BCUT2D eigenvalue weighted by Crippen LogP contribution is 2.58. The van der Waals surface area contributed by atoms with Gasteiger partial charge in [-0.2, -0.15) is 0 Å². The smallest absolute Gasteiger partial charge is 0.254 e. The predicted molar refractivity (Wildman–Crippen MR) is 141 cm³/mol. The lowest BCUT2D eigenvalue weighted by molar-refractivity contribution is -0.134. The molecule has 2 aliphatic rings. The van der Waals surface area contributed by atoms with E-state index < -0.39 is 0 Å². The van der Waals surface area contributed by atoms with Gasteiger partial charge < -0.3 is 14.6 Å². The van der Waals surface area contributed by atoms with Gasteiger partial charge in [0.25, 0.3) is 5.91 Å². The number of hydrogen-bond acceptors (Lipinski definition) is 5. The second-order valence-electron chi connectivity index (χ2n) is 10.4. The molecule has 0 radical (unpaired) electrons. The quantitative estimate of drug-likeness (QED) is 0.354. The van der Waals surface area contributed by atoms with E-state index in [1.54, 1.807) is 31.6 Å². The van der Waals surface area contributed by atoms with Gasteiger partial charge in [-0.25, -0.2) is 0 Å². The summed E-state index contributed by atoms with van der Waals surface area (Å²) < 4.78 is 8.59. The number of thiophene rings is 1. The molecule has 1 N–H and O–H groups in total. The van der Waals surface area contributed by atoms with Crippen molar-refractivity contribution in [3.05, 3.63) is 71.4 Å². The first-order valence-corrected chi connectivity index (χ1v) is 13.3. The largest absolute Gasteiger partial charge is 0.497 e. The van der Waals surface area contributed by atoms with Crippen LogP contribution in [0.2, 0.25) is 0 Å². The van der Waals surface area contributed by atoms with Crippen LogP contribution < -0.4 is 10.1 Å². The van der Waals surface area contributed by atoms with E-state index in [-0.39, 0.29) is 17.9 Å². The summed E-state index contributed by atoms with van der Waals surface area (Å²) in [7, 11) is 1.65. The number of pyridine rings is 1. The van der Waals surface area contributed by atoms with Gasteiger partial charge in [0.15, 0.2) is 0 Å². The minimum Gasteiger partial charge on any atom is -0.497 e. The molecule has 1 amide bonds. The summed E-state index contributed by atoms with van der Waals surface area (Å²) in [6.07, 6.45) is 7.78. The molecule has 1 spiro atoms. The van der Waals surface area contributed by atoms with Crippen molar-refractivity contribution in [3.63, 3.8) is 0 Å². The molecule has 2 saturated carbocycles. The number of methoxy groups -OCH3 is 1. The zero-order valence-electron chi connectivity index (χ0n) is 20.5. The highest BCUT2D eigenvalue weighted by Gasteiger charge is 2.54. The van der Waals surface area contributed by atoms with Gasteiger partial charge in [0.1, 0.15) is 11.5 Å². The topological polar surface area (TPSA) is 73.2 Å². The fourth-order valence-electron chi connectivity index (χ4n) is 5.94. The number of rotatable bonds is 7. The first-order valence-electron chi connectivity index (χ1n) is 12.4. The van der Waals surface area contributed by atoms with Crippen molar-refractivity contribution in [3.8, 4) is 17.0 Å². The molecule has 36 heavy (non-hydrogen) atoms. The Hall–Kier alpha value is -3.45. The summed E-state index contributed by atoms with van der Waals surface area (Å²) in [5.41, 5.74) is 5.09. The van der Waals surface area contributed by atoms with Crippen LogP contribution in [0, 0.1) is 11.3 Å². The molecule has 0 aliphatic heterocycles. The van der Waals surface area contributed by atoms with Crippen LogP contribution in [0.4, 0.5) is 0 Å². The number of benzene rings is 1. The van der Waals surface area contributed by atoms with Gasteiger partial charge in [0.2, 0.25) is 0 Å². The molecule has 3 heterocycles. The third kappa shape index (κ3) is 4.11. The molecule has 0 atom stereocenters. The Morgan fingerprint density at radius 2 is 1.92 bits per heavy atom. The van der Waals surface area contributed by atoms with Crippen LogP contribution in [-0.4, -0.2) is 34.4 Å². The zero-order chi connectivity index (χ0) is 24.9. The molecule has 3 aromatic heterocycles.